The first-order valence-electron chi connectivity index (χ1n) is 4.74. The van der Waals surface area contributed by atoms with Gasteiger partial charge in [-0.3, -0.25) is 5.32 Å². The van der Waals surface area contributed by atoms with Gasteiger partial charge in [0.05, 0.1) is 0 Å². The minimum atomic E-state index is -2.19. The van der Waals surface area contributed by atoms with Crippen molar-refractivity contribution in [1.29, 1.82) is 0 Å². The van der Waals surface area contributed by atoms with E-state index in [0.29, 0.717) is 37.5 Å². The molecule has 1 amide bonds. The van der Waals surface area contributed by atoms with Crippen LogP contribution < -0.4 is 5.32 Å². The van der Waals surface area contributed by atoms with Gasteiger partial charge >= 0.3 is 6.09 Å². The molecule has 2 fully saturated rings. The van der Waals surface area contributed by atoms with Crippen LogP contribution in [0.5, 0.6) is 0 Å². The van der Waals surface area contributed by atoms with Crippen LogP contribution in [0.15, 0.2) is 0 Å². The van der Waals surface area contributed by atoms with Gasteiger partial charge in [0.15, 0.2) is 0 Å². The van der Waals surface area contributed by atoms with Gasteiger partial charge in [-0.2, -0.15) is 8.42 Å². The van der Waals surface area contributed by atoms with Crippen LogP contribution >= 0.6 is 0 Å². The highest BCUT2D eigenvalue weighted by Crippen LogP contribution is 2.36. The largest absolute Gasteiger partial charge is 0.465 e. The van der Waals surface area contributed by atoms with Crippen molar-refractivity contribution in [2.45, 2.75) is 12.8 Å². The van der Waals surface area contributed by atoms with Crippen LogP contribution in [-0.2, 0) is 10.3 Å². The standard InChI is InChI=1S/C8H12N2O4S/c11-7(12)10-3-1-8(2-4-10)5-9-6(8)15(13)14/h9H,1-5H2,(H,11,12). The lowest BCUT2D eigenvalue weighted by atomic mass is 9.73. The molecule has 2 rings (SSSR count). The molecule has 0 bridgehead atoms. The summed E-state index contributed by atoms with van der Waals surface area (Å²) in [7, 11) is -2.19. The number of nitrogens with zero attached hydrogens (tertiary/aromatic N) is 1. The van der Waals surface area contributed by atoms with Gasteiger partial charge < -0.3 is 10.0 Å². The quantitative estimate of drug-likeness (QED) is 0.542. The van der Waals surface area contributed by atoms with Crippen molar-refractivity contribution < 1.29 is 18.3 Å². The summed E-state index contributed by atoms with van der Waals surface area (Å²) in [5.41, 5.74) is -0.307. The molecule has 0 aromatic rings. The lowest BCUT2D eigenvalue weighted by Gasteiger charge is -2.47. The number of hydrogen-bond acceptors (Lipinski definition) is 3. The van der Waals surface area contributed by atoms with Gasteiger partial charge in [0.25, 0.3) is 0 Å². The summed E-state index contributed by atoms with van der Waals surface area (Å²) >= 11 is 0. The van der Waals surface area contributed by atoms with Crippen molar-refractivity contribution in [2.24, 2.45) is 5.41 Å². The molecule has 7 heteroatoms. The van der Waals surface area contributed by atoms with E-state index in [-0.39, 0.29) is 5.41 Å². The SMILES string of the molecule is O=C(O)N1CCC2(CC1)CNC2=S(=O)=O. The summed E-state index contributed by atoms with van der Waals surface area (Å²) < 4.78 is 21.7. The van der Waals surface area contributed by atoms with E-state index in [1.165, 1.54) is 4.90 Å². The Morgan fingerprint density at radius 1 is 1.40 bits per heavy atom. The lowest BCUT2D eigenvalue weighted by molar-refractivity contribution is 0.106. The molecule has 0 aromatic carbocycles. The normalized spacial score (nSPS) is 23.7. The van der Waals surface area contributed by atoms with Gasteiger partial charge in [-0.15, -0.1) is 0 Å². The Hall–Kier alpha value is -1.08. The number of carboxylic acid groups (broad SMARTS) is 1. The zero-order valence-electron chi connectivity index (χ0n) is 8.06. The van der Waals surface area contributed by atoms with E-state index < -0.39 is 16.4 Å². The fraction of sp³-hybridized carbons (Fsp3) is 0.750. The van der Waals surface area contributed by atoms with Crippen LogP contribution in [0.4, 0.5) is 4.79 Å². The van der Waals surface area contributed by atoms with Gasteiger partial charge in [-0.1, -0.05) is 0 Å². The number of nitrogens with one attached hydrogen (secondary N) is 1. The Kier molecular flexibility index (Phi) is 2.43. The summed E-state index contributed by atoms with van der Waals surface area (Å²) in [6.07, 6.45) is 0.257. The molecule has 0 atom stereocenters. The molecule has 0 radical (unpaired) electrons. The van der Waals surface area contributed by atoms with Crippen molar-refractivity contribution in [3.63, 3.8) is 0 Å². The second kappa shape index (κ2) is 3.49. The third-order valence-corrected chi connectivity index (χ3v) is 4.14. The number of piperidine rings is 1. The van der Waals surface area contributed by atoms with E-state index in [1.807, 2.05) is 0 Å². The molecule has 84 valence electrons. The highest BCUT2D eigenvalue weighted by molar-refractivity contribution is 7.73. The Morgan fingerprint density at radius 2 is 2.00 bits per heavy atom. The summed E-state index contributed by atoms with van der Waals surface area (Å²) in [4.78, 5) is 12.4. The van der Waals surface area contributed by atoms with Gasteiger partial charge in [0, 0.05) is 25.0 Å². The Balaban J connectivity index is 2.11. The predicted molar refractivity (Wildman–Crippen MR) is 53.2 cm³/mol. The molecule has 0 unspecified atom stereocenters. The Bertz CT molecular complexity index is 412. The van der Waals surface area contributed by atoms with Crippen LogP contribution in [0.3, 0.4) is 0 Å². The van der Waals surface area contributed by atoms with Crippen LogP contribution in [-0.4, -0.2) is 49.1 Å². The van der Waals surface area contributed by atoms with E-state index in [0.717, 1.165) is 0 Å². The third-order valence-electron chi connectivity index (χ3n) is 3.23. The first-order valence-corrected chi connectivity index (χ1v) is 5.81. The molecular formula is C8H12N2O4S. The van der Waals surface area contributed by atoms with Crippen LogP contribution in [0, 0.1) is 5.41 Å². The van der Waals surface area contributed by atoms with Gasteiger partial charge in [-0.05, 0) is 12.8 Å². The monoisotopic (exact) mass is 232 g/mol. The maximum Gasteiger partial charge on any atom is 0.407 e. The van der Waals surface area contributed by atoms with Crippen molar-refractivity contribution in [3.8, 4) is 0 Å². The number of likely N-dealkylation sites (tertiary alicyclic amines) is 1. The first-order chi connectivity index (χ1) is 7.05. The topological polar surface area (TPSA) is 86.7 Å². The Labute approximate surface area is 88.4 Å². The van der Waals surface area contributed by atoms with E-state index in [1.54, 1.807) is 0 Å². The van der Waals surface area contributed by atoms with E-state index >= 15 is 0 Å². The van der Waals surface area contributed by atoms with Gasteiger partial charge in [-0.25, -0.2) is 4.79 Å². The number of amides is 1. The molecular weight excluding hydrogens is 220 g/mol. The zero-order valence-corrected chi connectivity index (χ0v) is 8.88. The minimum absolute atomic E-state index is 0.307. The predicted octanol–water partition coefficient (Wildman–Crippen LogP) is -0.641. The van der Waals surface area contributed by atoms with Gasteiger partial charge in [0.1, 0.15) is 4.99 Å². The molecule has 2 N–H and O–H groups in total. The highest BCUT2D eigenvalue weighted by Gasteiger charge is 2.47. The lowest BCUT2D eigenvalue weighted by Crippen LogP contribution is -2.63. The molecule has 2 aliphatic rings. The second-order valence-electron chi connectivity index (χ2n) is 3.97. The molecule has 2 heterocycles. The average Bonchev–Trinajstić information content (AvgIpc) is 2.15. The second-order valence-corrected chi connectivity index (χ2v) is 4.85. The third kappa shape index (κ3) is 1.61. The molecule has 0 saturated carbocycles. The number of rotatable bonds is 0. The molecule has 0 aromatic heterocycles. The minimum Gasteiger partial charge on any atom is -0.465 e. The first kappa shape index (κ1) is 10.4. The maximum absolute atomic E-state index is 10.8. The molecule has 15 heavy (non-hydrogen) atoms. The number of hydrogen-bond donors (Lipinski definition) is 2. The maximum atomic E-state index is 10.8. The van der Waals surface area contributed by atoms with E-state index in [2.05, 4.69) is 5.32 Å². The van der Waals surface area contributed by atoms with Crippen molar-refractivity contribution in [1.82, 2.24) is 10.2 Å². The number of carbonyl (C=O) groups is 1. The van der Waals surface area contributed by atoms with E-state index in [4.69, 9.17) is 5.11 Å². The fourth-order valence-corrected chi connectivity index (χ4v) is 3.00. The van der Waals surface area contributed by atoms with Crippen LogP contribution in [0.25, 0.3) is 0 Å². The highest BCUT2D eigenvalue weighted by atomic mass is 32.2. The summed E-state index contributed by atoms with van der Waals surface area (Å²) in [6, 6.07) is 0. The fourth-order valence-electron chi connectivity index (χ4n) is 2.18. The van der Waals surface area contributed by atoms with Gasteiger partial charge in [0.2, 0.25) is 10.3 Å². The molecule has 6 nitrogen and oxygen atoms in total. The van der Waals surface area contributed by atoms with Crippen molar-refractivity contribution >= 4 is 21.4 Å². The average molecular weight is 232 g/mol. The Morgan fingerprint density at radius 3 is 2.33 bits per heavy atom. The van der Waals surface area contributed by atoms with E-state index in [9.17, 15) is 13.2 Å². The van der Waals surface area contributed by atoms with Crippen molar-refractivity contribution in [3.05, 3.63) is 0 Å². The van der Waals surface area contributed by atoms with Crippen LogP contribution in [0.2, 0.25) is 0 Å². The molecule has 1 spiro atoms. The smallest absolute Gasteiger partial charge is 0.407 e. The van der Waals surface area contributed by atoms with Crippen molar-refractivity contribution in [2.75, 3.05) is 19.6 Å². The van der Waals surface area contributed by atoms with Crippen LogP contribution in [0.1, 0.15) is 12.8 Å². The molecule has 2 aliphatic heterocycles. The molecule has 2 saturated heterocycles. The summed E-state index contributed by atoms with van der Waals surface area (Å²) in [5, 5.41) is 11.5. The zero-order chi connectivity index (χ0) is 11.1. The molecule has 0 aliphatic carbocycles. The summed E-state index contributed by atoms with van der Waals surface area (Å²) in [5.74, 6) is 0. The summed E-state index contributed by atoms with van der Waals surface area (Å²) in [6.45, 7) is 1.47.